The highest BCUT2D eigenvalue weighted by Crippen LogP contribution is 2.17. The topological polar surface area (TPSA) is 81.2 Å². The average molecular weight is 237 g/mol. The zero-order valence-corrected chi connectivity index (χ0v) is 10.3. The Morgan fingerprint density at radius 2 is 2.12 bits per heavy atom. The second-order valence-electron chi connectivity index (χ2n) is 4.11. The fourth-order valence-corrected chi connectivity index (χ4v) is 1.20. The van der Waals surface area contributed by atoms with Crippen LogP contribution in [0, 0.1) is 34.8 Å². The van der Waals surface area contributed by atoms with Crippen LogP contribution in [-0.2, 0) is 7.05 Å². The number of nitro groups is 1. The van der Waals surface area contributed by atoms with Gasteiger partial charge in [0.2, 0.25) is 5.69 Å². The molecule has 0 radical (unpaired) electrons. The Morgan fingerprint density at radius 1 is 1.53 bits per heavy atom. The molecule has 6 heteroatoms. The van der Waals surface area contributed by atoms with Gasteiger partial charge in [0.15, 0.2) is 5.82 Å². The first-order valence-electron chi connectivity index (χ1n) is 5.22. The Kier molecular flexibility index (Phi) is 3.86. The average Bonchev–Trinajstić information content (AvgIpc) is 2.51. The number of aliphatic hydroxyl groups excluding tert-OH is 1. The van der Waals surface area contributed by atoms with Crippen LogP contribution in [0.4, 0.5) is 5.82 Å². The number of hydrogen-bond donors (Lipinski definition) is 1. The molecule has 1 heterocycles. The summed E-state index contributed by atoms with van der Waals surface area (Å²) in [5, 5.41) is 20.4. The highest BCUT2D eigenvalue weighted by atomic mass is 16.6. The Balaban J connectivity index is 3.15. The van der Waals surface area contributed by atoms with Crippen molar-refractivity contribution in [3.63, 3.8) is 0 Å². The van der Waals surface area contributed by atoms with Gasteiger partial charge in [-0.2, -0.15) is 4.98 Å². The lowest BCUT2D eigenvalue weighted by molar-refractivity contribution is -0.392. The molecule has 1 aromatic heterocycles. The molecule has 1 rings (SSSR count). The van der Waals surface area contributed by atoms with E-state index in [0.29, 0.717) is 5.82 Å². The molecular weight excluding hydrogens is 222 g/mol. The van der Waals surface area contributed by atoms with Crippen molar-refractivity contribution in [2.24, 2.45) is 13.0 Å². The summed E-state index contributed by atoms with van der Waals surface area (Å²) in [6.07, 6.45) is -0.808. The minimum Gasteiger partial charge on any atom is -0.380 e. The standard InChI is InChI=1S/C11H15N3O3/c1-7(2)10(15)6-5-9-11(14(16)17)13(4)8(3)12-9/h7,10,15H,1-4H3. The van der Waals surface area contributed by atoms with Gasteiger partial charge >= 0.3 is 5.82 Å². The van der Waals surface area contributed by atoms with Crippen LogP contribution in [0.5, 0.6) is 0 Å². The number of hydrogen-bond acceptors (Lipinski definition) is 4. The maximum atomic E-state index is 10.8. The lowest BCUT2D eigenvalue weighted by Crippen LogP contribution is -2.11. The van der Waals surface area contributed by atoms with E-state index in [4.69, 9.17) is 0 Å². The van der Waals surface area contributed by atoms with E-state index in [2.05, 4.69) is 16.8 Å². The van der Waals surface area contributed by atoms with Crippen molar-refractivity contribution in [1.29, 1.82) is 0 Å². The van der Waals surface area contributed by atoms with E-state index < -0.39 is 11.0 Å². The molecule has 0 spiro atoms. The van der Waals surface area contributed by atoms with Gasteiger partial charge in [-0.05, 0) is 16.8 Å². The van der Waals surface area contributed by atoms with Crippen molar-refractivity contribution in [1.82, 2.24) is 9.55 Å². The zero-order valence-electron chi connectivity index (χ0n) is 10.3. The second kappa shape index (κ2) is 4.97. The largest absolute Gasteiger partial charge is 0.380 e. The molecule has 0 bridgehead atoms. The normalized spacial score (nSPS) is 12.1. The summed E-state index contributed by atoms with van der Waals surface area (Å²) in [5.74, 6) is 5.47. The molecule has 1 atom stereocenters. The van der Waals surface area contributed by atoms with Crippen molar-refractivity contribution in [3.05, 3.63) is 21.6 Å². The Morgan fingerprint density at radius 3 is 2.59 bits per heavy atom. The van der Waals surface area contributed by atoms with Gasteiger partial charge in [-0.25, -0.2) is 4.57 Å². The van der Waals surface area contributed by atoms with Gasteiger partial charge in [0.05, 0.1) is 7.05 Å². The molecule has 0 saturated heterocycles. The molecule has 0 saturated carbocycles. The molecule has 1 aromatic rings. The molecule has 0 aromatic carbocycles. The lowest BCUT2D eigenvalue weighted by atomic mass is 10.1. The van der Waals surface area contributed by atoms with Crippen LogP contribution in [0.1, 0.15) is 25.4 Å². The van der Waals surface area contributed by atoms with E-state index in [-0.39, 0.29) is 17.4 Å². The highest BCUT2D eigenvalue weighted by molar-refractivity contribution is 5.43. The van der Waals surface area contributed by atoms with Gasteiger partial charge in [0, 0.05) is 6.92 Å². The molecule has 0 aliphatic heterocycles. The molecule has 0 fully saturated rings. The summed E-state index contributed by atoms with van der Waals surface area (Å²) >= 11 is 0. The first-order chi connectivity index (χ1) is 7.84. The van der Waals surface area contributed by atoms with Gasteiger partial charge in [-0.1, -0.05) is 19.8 Å². The summed E-state index contributed by atoms with van der Waals surface area (Å²) in [6, 6.07) is 0. The monoisotopic (exact) mass is 237 g/mol. The number of aliphatic hydroxyl groups is 1. The quantitative estimate of drug-likeness (QED) is 0.472. The van der Waals surface area contributed by atoms with E-state index in [9.17, 15) is 15.2 Å². The predicted molar refractivity (Wildman–Crippen MR) is 62.3 cm³/mol. The van der Waals surface area contributed by atoms with Gasteiger partial charge < -0.3 is 15.2 Å². The lowest BCUT2D eigenvalue weighted by Gasteiger charge is -2.04. The molecule has 1 N–H and O–H groups in total. The van der Waals surface area contributed by atoms with E-state index in [1.54, 1.807) is 14.0 Å². The van der Waals surface area contributed by atoms with Crippen LogP contribution in [0.25, 0.3) is 0 Å². The molecule has 0 aliphatic carbocycles. The van der Waals surface area contributed by atoms with Crippen molar-refractivity contribution in [2.45, 2.75) is 26.9 Å². The molecule has 92 valence electrons. The molecule has 1 unspecified atom stereocenters. The van der Waals surface area contributed by atoms with Gasteiger partial charge in [-0.3, -0.25) is 0 Å². The maximum Gasteiger partial charge on any atom is 0.358 e. The van der Waals surface area contributed by atoms with E-state index in [1.165, 1.54) is 4.57 Å². The highest BCUT2D eigenvalue weighted by Gasteiger charge is 2.21. The summed E-state index contributed by atoms with van der Waals surface area (Å²) in [7, 11) is 1.56. The number of aryl methyl sites for hydroxylation is 1. The second-order valence-corrected chi connectivity index (χ2v) is 4.11. The van der Waals surface area contributed by atoms with Crippen LogP contribution in [0.3, 0.4) is 0 Å². The minimum atomic E-state index is -0.808. The van der Waals surface area contributed by atoms with Crippen LogP contribution in [0.15, 0.2) is 0 Å². The van der Waals surface area contributed by atoms with Crippen molar-refractivity contribution >= 4 is 5.82 Å². The van der Waals surface area contributed by atoms with E-state index in [1.807, 2.05) is 13.8 Å². The van der Waals surface area contributed by atoms with Crippen molar-refractivity contribution in [2.75, 3.05) is 0 Å². The number of imidazole rings is 1. The molecule has 17 heavy (non-hydrogen) atoms. The number of nitrogens with zero attached hydrogens (tertiary/aromatic N) is 3. The smallest absolute Gasteiger partial charge is 0.358 e. The molecule has 6 nitrogen and oxygen atoms in total. The Hall–Kier alpha value is -1.87. The number of rotatable bonds is 2. The van der Waals surface area contributed by atoms with Crippen LogP contribution < -0.4 is 0 Å². The predicted octanol–water partition coefficient (Wildman–Crippen LogP) is 1.01. The molecule has 0 amide bonds. The third-order valence-electron chi connectivity index (χ3n) is 2.43. The van der Waals surface area contributed by atoms with E-state index in [0.717, 1.165) is 0 Å². The van der Waals surface area contributed by atoms with Crippen LogP contribution in [-0.4, -0.2) is 25.7 Å². The summed E-state index contributed by atoms with van der Waals surface area (Å²) in [6.45, 7) is 5.30. The Bertz CT molecular complexity index is 494. The fraction of sp³-hybridized carbons (Fsp3) is 0.545. The minimum absolute atomic E-state index is 0.0219. The summed E-state index contributed by atoms with van der Waals surface area (Å²) in [5.41, 5.74) is 0.0923. The van der Waals surface area contributed by atoms with Crippen molar-refractivity contribution < 1.29 is 10.0 Å². The van der Waals surface area contributed by atoms with Crippen LogP contribution >= 0.6 is 0 Å². The van der Waals surface area contributed by atoms with Gasteiger partial charge in [0.25, 0.3) is 0 Å². The molecule has 0 aliphatic rings. The number of aromatic nitrogens is 2. The SMILES string of the molecule is Cc1nc(C#CC(O)C(C)C)c([N+](=O)[O-])n1C. The van der Waals surface area contributed by atoms with Crippen molar-refractivity contribution in [3.8, 4) is 11.8 Å². The summed E-state index contributed by atoms with van der Waals surface area (Å²) < 4.78 is 1.37. The summed E-state index contributed by atoms with van der Waals surface area (Å²) in [4.78, 5) is 14.3. The van der Waals surface area contributed by atoms with Gasteiger partial charge in [-0.15, -0.1) is 0 Å². The fourth-order valence-electron chi connectivity index (χ4n) is 1.20. The Labute approximate surface area is 99.4 Å². The van der Waals surface area contributed by atoms with Gasteiger partial charge in [0.1, 0.15) is 6.10 Å². The third-order valence-corrected chi connectivity index (χ3v) is 2.43. The first-order valence-corrected chi connectivity index (χ1v) is 5.22. The molecular formula is C11H15N3O3. The maximum absolute atomic E-state index is 10.8. The van der Waals surface area contributed by atoms with E-state index >= 15 is 0 Å². The van der Waals surface area contributed by atoms with Crippen LogP contribution in [0.2, 0.25) is 0 Å². The first kappa shape index (κ1) is 13.2. The third kappa shape index (κ3) is 2.82. The zero-order chi connectivity index (χ0) is 13.2.